The minimum Gasteiger partial charge on any atom is -0.366 e. The number of amides is 1. The second-order valence-electron chi connectivity index (χ2n) is 3.81. The average Bonchev–Trinajstić information content (AvgIpc) is 2.35. The van der Waals surface area contributed by atoms with Gasteiger partial charge < -0.3 is 10.3 Å². The highest BCUT2D eigenvalue weighted by atomic mass is 79.9. The molecule has 0 radical (unpaired) electrons. The molecule has 0 fully saturated rings. The number of pyridine rings is 1. The lowest BCUT2D eigenvalue weighted by molar-refractivity contribution is 0.0999. The quantitative estimate of drug-likeness (QED) is 0.939. The van der Waals surface area contributed by atoms with Crippen LogP contribution < -0.4 is 11.3 Å². The number of nitrogens with zero attached hydrogens (tertiary/aromatic N) is 1. The second-order valence-corrected chi connectivity index (χ2v) is 4.66. The van der Waals surface area contributed by atoms with Crippen molar-refractivity contribution in [2.24, 2.45) is 5.73 Å². The minimum absolute atomic E-state index is 0.142. The molecule has 2 rings (SSSR count). The number of hydrogen-bond donors (Lipinski definition) is 1. The fourth-order valence-electron chi connectivity index (χ4n) is 1.71. The number of carbonyl (C=O) groups excluding carboxylic acids is 1. The van der Waals surface area contributed by atoms with Crippen LogP contribution >= 0.6 is 15.9 Å². The third-order valence-electron chi connectivity index (χ3n) is 2.60. The number of carbonyl (C=O) groups is 1. The molecule has 0 aliphatic rings. The van der Waals surface area contributed by atoms with Crippen LogP contribution in [0.15, 0.2) is 51.9 Å². The van der Waals surface area contributed by atoms with Crippen molar-refractivity contribution in [2.75, 3.05) is 0 Å². The lowest BCUT2D eigenvalue weighted by Crippen LogP contribution is -2.22. The van der Waals surface area contributed by atoms with Gasteiger partial charge in [-0.25, -0.2) is 0 Å². The molecule has 4 nitrogen and oxygen atoms in total. The van der Waals surface area contributed by atoms with Crippen LogP contribution in [-0.4, -0.2) is 10.5 Å². The van der Waals surface area contributed by atoms with Crippen molar-refractivity contribution in [3.63, 3.8) is 0 Å². The molecule has 1 heterocycles. The van der Waals surface area contributed by atoms with Crippen LogP contribution in [0, 0.1) is 0 Å². The Bertz CT molecular complexity index is 649. The van der Waals surface area contributed by atoms with Gasteiger partial charge >= 0.3 is 0 Å². The molecule has 5 heteroatoms. The Morgan fingerprint density at radius 2 is 1.94 bits per heavy atom. The summed E-state index contributed by atoms with van der Waals surface area (Å²) < 4.78 is 2.01. The van der Waals surface area contributed by atoms with Gasteiger partial charge in [-0.1, -0.05) is 18.2 Å². The monoisotopic (exact) mass is 306 g/mol. The molecule has 0 saturated heterocycles. The van der Waals surface area contributed by atoms with Crippen LogP contribution in [0.4, 0.5) is 0 Å². The van der Waals surface area contributed by atoms with Crippen molar-refractivity contribution in [1.82, 2.24) is 4.57 Å². The summed E-state index contributed by atoms with van der Waals surface area (Å²) in [6.07, 6.45) is 1.67. The van der Waals surface area contributed by atoms with Crippen molar-refractivity contribution >= 4 is 21.8 Å². The molecule has 0 aliphatic heterocycles. The highest BCUT2D eigenvalue weighted by Crippen LogP contribution is 2.10. The van der Waals surface area contributed by atoms with E-state index in [2.05, 4.69) is 15.9 Å². The summed E-state index contributed by atoms with van der Waals surface area (Å²) >= 11 is 3.18. The molecule has 0 saturated carbocycles. The summed E-state index contributed by atoms with van der Waals surface area (Å²) in [5.74, 6) is -0.492. The van der Waals surface area contributed by atoms with Crippen LogP contribution in [0.1, 0.15) is 15.9 Å². The lowest BCUT2D eigenvalue weighted by atomic mass is 10.1. The van der Waals surface area contributed by atoms with E-state index >= 15 is 0 Å². The van der Waals surface area contributed by atoms with Crippen LogP contribution in [0.25, 0.3) is 0 Å². The molecule has 92 valence electrons. The average molecular weight is 307 g/mol. The van der Waals surface area contributed by atoms with Gasteiger partial charge in [0.05, 0.1) is 11.0 Å². The Balaban J connectivity index is 2.44. The number of aromatic nitrogens is 1. The van der Waals surface area contributed by atoms with Crippen molar-refractivity contribution in [3.8, 4) is 0 Å². The Labute approximate surface area is 112 Å². The number of halogens is 1. The predicted octanol–water partition coefficient (Wildman–Crippen LogP) is 1.76. The van der Waals surface area contributed by atoms with Crippen LogP contribution in [0.2, 0.25) is 0 Å². The van der Waals surface area contributed by atoms with Crippen molar-refractivity contribution < 1.29 is 4.79 Å². The van der Waals surface area contributed by atoms with E-state index in [0.717, 1.165) is 5.56 Å². The highest BCUT2D eigenvalue weighted by molar-refractivity contribution is 9.10. The SMILES string of the molecule is NC(=O)c1ccccc1Cn1cccc(Br)c1=O. The van der Waals surface area contributed by atoms with E-state index in [-0.39, 0.29) is 5.56 Å². The molecule has 0 aliphatic carbocycles. The summed E-state index contributed by atoms with van der Waals surface area (Å²) in [4.78, 5) is 23.1. The summed E-state index contributed by atoms with van der Waals surface area (Å²) in [5, 5.41) is 0. The molecule has 1 aromatic carbocycles. The van der Waals surface area contributed by atoms with Crippen molar-refractivity contribution in [3.05, 3.63) is 68.5 Å². The fourth-order valence-corrected chi connectivity index (χ4v) is 2.09. The van der Waals surface area contributed by atoms with E-state index in [4.69, 9.17) is 5.73 Å². The van der Waals surface area contributed by atoms with E-state index in [9.17, 15) is 9.59 Å². The zero-order valence-electron chi connectivity index (χ0n) is 9.47. The summed E-state index contributed by atoms with van der Waals surface area (Å²) in [5.41, 5.74) is 6.32. The summed E-state index contributed by atoms with van der Waals surface area (Å²) in [6, 6.07) is 10.4. The first kappa shape index (κ1) is 12.6. The van der Waals surface area contributed by atoms with Gasteiger partial charge in [-0.05, 0) is 39.7 Å². The van der Waals surface area contributed by atoms with Crippen molar-refractivity contribution in [2.45, 2.75) is 6.54 Å². The first-order chi connectivity index (χ1) is 8.59. The van der Waals surface area contributed by atoms with Gasteiger partial charge in [0.15, 0.2) is 0 Å². The molecule has 0 atom stereocenters. The maximum absolute atomic E-state index is 11.9. The third kappa shape index (κ3) is 2.51. The topological polar surface area (TPSA) is 65.1 Å². The first-order valence-electron chi connectivity index (χ1n) is 5.32. The van der Waals surface area contributed by atoms with Crippen LogP contribution in [0.5, 0.6) is 0 Å². The fraction of sp³-hybridized carbons (Fsp3) is 0.0769. The van der Waals surface area contributed by atoms with Gasteiger partial charge in [0.2, 0.25) is 5.91 Å². The number of benzene rings is 1. The van der Waals surface area contributed by atoms with Gasteiger partial charge in [0.25, 0.3) is 5.56 Å². The molecule has 2 aromatic rings. The Morgan fingerprint density at radius 1 is 1.22 bits per heavy atom. The van der Waals surface area contributed by atoms with E-state index < -0.39 is 5.91 Å². The zero-order valence-corrected chi connectivity index (χ0v) is 11.1. The minimum atomic E-state index is -0.492. The Morgan fingerprint density at radius 3 is 2.67 bits per heavy atom. The number of rotatable bonds is 3. The van der Waals surface area contributed by atoms with Gasteiger partial charge in [-0.15, -0.1) is 0 Å². The van der Waals surface area contributed by atoms with E-state index in [1.165, 1.54) is 4.57 Å². The van der Waals surface area contributed by atoms with E-state index in [0.29, 0.717) is 16.6 Å². The highest BCUT2D eigenvalue weighted by Gasteiger charge is 2.08. The summed E-state index contributed by atoms with van der Waals surface area (Å²) in [6.45, 7) is 0.317. The lowest BCUT2D eigenvalue weighted by Gasteiger charge is -2.09. The molecule has 0 spiro atoms. The molecule has 1 aromatic heterocycles. The van der Waals surface area contributed by atoms with Crippen molar-refractivity contribution in [1.29, 1.82) is 0 Å². The first-order valence-corrected chi connectivity index (χ1v) is 6.11. The third-order valence-corrected chi connectivity index (χ3v) is 3.20. The van der Waals surface area contributed by atoms with Gasteiger partial charge in [-0.2, -0.15) is 0 Å². The van der Waals surface area contributed by atoms with Gasteiger partial charge in [0, 0.05) is 11.8 Å². The number of primary amides is 1. The smallest absolute Gasteiger partial charge is 0.265 e. The molecular formula is C13H11BrN2O2. The second kappa shape index (κ2) is 5.18. The standard InChI is InChI=1S/C13H11BrN2O2/c14-11-6-3-7-16(13(11)18)8-9-4-1-2-5-10(9)12(15)17/h1-7H,8H2,(H2,15,17). The van der Waals surface area contributed by atoms with E-state index in [1.807, 2.05) is 6.07 Å². The molecule has 18 heavy (non-hydrogen) atoms. The molecule has 1 amide bonds. The Hall–Kier alpha value is -1.88. The normalized spacial score (nSPS) is 10.3. The molecule has 0 unspecified atom stereocenters. The zero-order chi connectivity index (χ0) is 13.1. The van der Waals surface area contributed by atoms with Crippen LogP contribution in [-0.2, 0) is 6.54 Å². The number of nitrogens with two attached hydrogens (primary N) is 1. The Kier molecular flexibility index (Phi) is 3.62. The maximum Gasteiger partial charge on any atom is 0.265 e. The van der Waals surface area contributed by atoms with Crippen LogP contribution in [0.3, 0.4) is 0 Å². The molecule has 0 bridgehead atoms. The summed E-state index contributed by atoms with van der Waals surface area (Å²) in [7, 11) is 0. The maximum atomic E-state index is 11.9. The van der Waals surface area contributed by atoms with Gasteiger partial charge in [0.1, 0.15) is 0 Å². The molecular weight excluding hydrogens is 296 g/mol. The predicted molar refractivity (Wildman–Crippen MR) is 72.5 cm³/mol. The van der Waals surface area contributed by atoms with Gasteiger partial charge in [-0.3, -0.25) is 9.59 Å². The largest absolute Gasteiger partial charge is 0.366 e. The number of hydrogen-bond acceptors (Lipinski definition) is 2. The molecule has 2 N–H and O–H groups in total. The van der Waals surface area contributed by atoms with E-state index in [1.54, 1.807) is 36.5 Å².